The third-order valence-corrected chi connectivity index (χ3v) is 6.91. The van der Waals surface area contributed by atoms with Gasteiger partial charge in [0.15, 0.2) is 5.65 Å². The van der Waals surface area contributed by atoms with Crippen LogP contribution in [0.1, 0.15) is 59.6 Å². The number of rotatable bonds is 5. The Morgan fingerprint density at radius 3 is 2.48 bits per heavy atom. The second kappa shape index (κ2) is 9.97. The number of benzene rings is 2. The number of hydrogen-bond donors (Lipinski definition) is 1. The molecule has 0 aliphatic rings. The third-order valence-electron chi connectivity index (χ3n) is 6.91. The summed E-state index contributed by atoms with van der Waals surface area (Å²) in [4.78, 5) is 30.2. The maximum atomic E-state index is 13.8. The van der Waals surface area contributed by atoms with E-state index in [1.54, 1.807) is 17.0 Å². The average molecular weight is 537 g/mol. The summed E-state index contributed by atoms with van der Waals surface area (Å²) in [6.07, 6.45) is 7.48. The molecule has 0 radical (unpaired) electrons. The summed E-state index contributed by atoms with van der Waals surface area (Å²) in [5.41, 5.74) is 5.72. The van der Waals surface area contributed by atoms with Crippen LogP contribution in [-0.2, 0) is 21.6 Å². The zero-order valence-corrected chi connectivity index (χ0v) is 24.2. The molecule has 40 heavy (non-hydrogen) atoms. The van der Waals surface area contributed by atoms with Crippen LogP contribution >= 0.6 is 0 Å². The van der Waals surface area contributed by atoms with Crippen molar-refractivity contribution in [1.29, 1.82) is 0 Å². The standard InChI is InChI=1S/C33H36N4O3/c1-21(38)40-20-27-25(23-18-28(35-33(5,6)7)30-34-14-16-36(30)19-23)9-8-10-29(27)37-15-13-22-17-24(32(2,3)4)11-12-26(22)31(37)39/h8-19,35H,20H2,1-7H3. The van der Waals surface area contributed by atoms with E-state index in [-0.39, 0.29) is 29.1 Å². The average Bonchev–Trinajstić information content (AvgIpc) is 3.35. The molecule has 0 saturated heterocycles. The van der Waals surface area contributed by atoms with Crippen molar-refractivity contribution >= 4 is 28.1 Å². The zero-order chi connectivity index (χ0) is 28.8. The number of nitrogens with zero attached hydrogens (tertiary/aromatic N) is 3. The summed E-state index contributed by atoms with van der Waals surface area (Å²) in [7, 11) is 0. The van der Waals surface area contributed by atoms with Gasteiger partial charge in [0.05, 0.1) is 11.4 Å². The molecule has 206 valence electrons. The number of anilines is 1. The summed E-state index contributed by atoms with van der Waals surface area (Å²) in [5, 5.41) is 5.09. The number of pyridine rings is 2. The molecule has 0 aliphatic heterocycles. The van der Waals surface area contributed by atoms with Gasteiger partial charge in [-0.2, -0.15) is 0 Å². The van der Waals surface area contributed by atoms with Gasteiger partial charge in [-0.25, -0.2) is 4.98 Å². The SMILES string of the molecule is CC(=O)OCc1c(-c2cc(NC(C)(C)C)c3nccn3c2)cccc1-n1ccc2cc(C(C)(C)C)ccc2c1=O. The maximum Gasteiger partial charge on any atom is 0.302 e. The van der Waals surface area contributed by atoms with Crippen LogP contribution < -0.4 is 10.9 Å². The van der Waals surface area contributed by atoms with Gasteiger partial charge in [-0.15, -0.1) is 0 Å². The fourth-order valence-electron chi connectivity index (χ4n) is 4.98. The summed E-state index contributed by atoms with van der Waals surface area (Å²) in [6, 6.07) is 15.8. The fraction of sp³-hybridized carbons (Fsp3) is 0.303. The molecular formula is C33H36N4O3. The van der Waals surface area contributed by atoms with Crippen LogP contribution in [0.5, 0.6) is 0 Å². The largest absolute Gasteiger partial charge is 0.461 e. The molecular weight excluding hydrogens is 500 g/mol. The number of carbonyl (C=O) groups excluding carboxylic acids is 1. The molecule has 0 aliphatic carbocycles. The van der Waals surface area contributed by atoms with Crippen LogP contribution in [0.3, 0.4) is 0 Å². The Kier molecular flexibility index (Phi) is 6.78. The topological polar surface area (TPSA) is 77.6 Å². The molecule has 0 unspecified atom stereocenters. The normalized spacial score (nSPS) is 12.2. The maximum absolute atomic E-state index is 13.8. The van der Waals surface area contributed by atoms with E-state index in [9.17, 15) is 9.59 Å². The highest BCUT2D eigenvalue weighted by atomic mass is 16.5. The first-order chi connectivity index (χ1) is 18.8. The van der Waals surface area contributed by atoms with Crippen molar-refractivity contribution in [3.63, 3.8) is 0 Å². The molecule has 1 N–H and O–H groups in total. The molecule has 0 atom stereocenters. The van der Waals surface area contributed by atoms with Crippen LogP contribution in [0, 0.1) is 0 Å². The number of nitrogens with one attached hydrogen (secondary N) is 1. The number of ether oxygens (including phenoxy) is 1. The summed E-state index contributed by atoms with van der Waals surface area (Å²) in [6.45, 7) is 14.2. The van der Waals surface area contributed by atoms with Crippen molar-refractivity contribution in [1.82, 2.24) is 14.0 Å². The highest BCUT2D eigenvalue weighted by molar-refractivity contribution is 5.84. The molecule has 7 nitrogen and oxygen atoms in total. The van der Waals surface area contributed by atoms with E-state index in [0.29, 0.717) is 11.1 Å². The van der Waals surface area contributed by atoms with Crippen molar-refractivity contribution < 1.29 is 9.53 Å². The van der Waals surface area contributed by atoms with Gasteiger partial charge in [-0.05, 0) is 67.0 Å². The van der Waals surface area contributed by atoms with Gasteiger partial charge < -0.3 is 14.5 Å². The van der Waals surface area contributed by atoms with Gasteiger partial charge in [-0.1, -0.05) is 45.0 Å². The first kappa shape index (κ1) is 27.2. The lowest BCUT2D eigenvalue weighted by Gasteiger charge is -2.23. The Hall–Kier alpha value is -4.39. The van der Waals surface area contributed by atoms with E-state index in [1.807, 2.05) is 53.2 Å². The smallest absolute Gasteiger partial charge is 0.302 e. The van der Waals surface area contributed by atoms with E-state index in [0.717, 1.165) is 33.4 Å². The molecule has 3 aromatic heterocycles. The lowest BCUT2D eigenvalue weighted by atomic mass is 9.86. The van der Waals surface area contributed by atoms with E-state index in [2.05, 4.69) is 64.0 Å². The van der Waals surface area contributed by atoms with Crippen LogP contribution in [-0.4, -0.2) is 25.5 Å². The molecule has 7 heteroatoms. The summed E-state index contributed by atoms with van der Waals surface area (Å²) in [5.74, 6) is -0.388. The molecule has 5 aromatic rings. The quantitative estimate of drug-likeness (QED) is 0.248. The van der Waals surface area contributed by atoms with Gasteiger partial charge in [0.1, 0.15) is 6.61 Å². The molecule has 0 amide bonds. The molecule has 0 fully saturated rings. The van der Waals surface area contributed by atoms with E-state index >= 15 is 0 Å². The van der Waals surface area contributed by atoms with Gasteiger partial charge in [0.25, 0.3) is 5.56 Å². The highest BCUT2D eigenvalue weighted by Gasteiger charge is 2.20. The zero-order valence-electron chi connectivity index (χ0n) is 24.2. The number of hydrogen-bond acceptors (Lipinski definition) is 5. The Balaban J connectivity index is 1.71. The first-order valence-electron chi connectivity index (χ1n) is 13.5. The van der Waals surface area contributed by atoms with E-state index in [1.165, 1.54) is 12.5 Å². The lowest BCUT2D eigenvalue weighted by Crippen LogP contribution is -2.26. The Morgan fingerprint density at radius 2 is 1.77 bits per heavy atom. The van der Waals surface area contributed by atoms with Crippen molar-refractivity contribution in [2.75, 3.05) is 5.32 Å². The molecule has 3 heterocycles. The summed E-state index contributed by atoms with van der Waals surface area (Å²) >= 11 is 0. The van der Waals surface area contributed by atoms with Gasteiger partial charge in [0, 0.05) is 53.8 Å². The van der Waals surface area contributed by atoms with Crippen LogP contribution in [0.2, 0.25) is 0 Å². The Morgan fingerprint density at radius 1 is 1.00 bits per heavy atom. The minimum absolute atomic E-state index is 0.0222. The van der Waals surface area contributed by atoms with Crippen molar-refractivity contribution in [2.45, 2.75) is 66.0 Å². The summed E-state index contributed by atoms with van der Waals surface area (Å²) < 4.78 is 9.14. The van der Waals surface area contributed by atoms with Crippen molar-refractivity contribution in [3.8, 4) is 16.8 Å². The predicted octanol–water partition coefficient (Wildman–Crippen LogP) is 6.88. The number of aromatic nitrogens is 3. The van der Waals surface area contributed by atoms with Gasteiger partial charge in [-0.3, -0.25) is 14.2 Å². The second-order valence-electron chi connectivity index (χ2n) is 12.3. The molecule has 2 aromatic carbocycles. The first-order valence-corrected chi connectivity index (χ1v) is 13.5. The van der Waals surface area contributed by atoms with E-state index < -0.39 is 0 Å². The molecule has 5 rings (SSSR count). The van der Waals surface area contributed by atoms with Gasteiger partial charge in [0.2, 0.25) is 0 Å². The predicted molar refractivity (Wildman–Crippen MR) is 161 cm³/mol. The number of imidazole rings is 1. The molecule has 0 saturated carbocycles. The fourth-order valence-corrected chi connectivity index (χ4v) is 4.98. The van der Waals surface area contributed by atoms with Gasteiger partial charge >= 0.3 is 5.97 Å². The third kappa shape index (κ3) is 5.37. The minimum Gasteiger partial charge on any atom is -0.461 e. The van der Waals surface area contributed by atoms with Crippen molar-refractivity contribution in [2.24, 2.45) is 0 Å². The second-order valence-corrected chi connectivity index (χ2v) is 12.3. The number of fused-ring (bicyclic) bond motifs is 2. The van der Waals surface area contributed by atoms with Crippen LogP contribution in [0.4, 0.5) is 5.69 Å². The lowest BCUT2D eigenvalue weighted by molar-refractivity contribution is -0.142. The monoisotopic (exact) mass is 536 g/mol. The number of carbonyl (C=O) groups is 1. The van der Waals surface area contributed by atoms with Crippen LogP contribution in [0.25, 0.3) is 33.2 Å². The van der Waals surface area contributed by atoms with Crippen molar-refractivity contribution in [3.05, 3.63) is 94.8 Å². The molecule has 0 spiro atoms. The van der Waals surface area contributed by atoms with E-state index in [4.69, 9.17) is 4.74 Å². The van der Waals surface area contributed by atoms with Crippen LogP contribution in [0.15, 0.2) is 78.1 Å². The molecule has 0 bridgehead atoms. The number of esters is 1. The highest BCUT2D eigenvalue weighted by Crippen LogP contribution is 2.33. The Bertz CT molecular complexity index is 1800. The Labute approximate surface area is 234 Å². The minimum atomic E-state index is -0.388.